The molecular formula is C7H9N5O5. The summed E-state index contributed by atoms with van der Waals surface area (Å²) in [6.45, 7) is 1.32. The summed E-state index contributed by atoms with van der Waals surface area (Å²) in [4.78, 5) is 31.3. The predicted molar refractivity (Wildman–Crippen MR) is 52.9 cm³/mol. The van der Waals surface area contributed by atoms with Crippen molar-refractivity contribution < 1.29 is 19.6 Å². The maximum absolute atomic E-state index is 11.3. The number of nitrogens with one attached hydrogen (secondary N) is 3. The molecule has 0 bridgehead atoms. The van der Waals surface area contributed by atoms with Crippen LogP contribution in [0.4, 0.5) is 5.82 Å². The normalized spacial score (nSPS) is 11.8. The van der Waals surface area contributed by atoms with Gasteiger partial charge >= 0.3 is 11.8 Å². The van der Waals surface area contributed by atoms with Crippen LogP contribution >= 0.6 is 0 Å². The third kappa shape index (κ3) is 3.24. The lowest BCUT2D eigenvalue weighted by molar-refractivity contribution is -0.389. The molecule has 10 nitrogen and oxygen atoms in total. The number of aromatic nitrogens is 2. The maximum atomic E-state index is 11.3. The minimum Gasteiger partial charge on any atom is -0.480 e. The van der Waals surface area contributed by atoms with Gasteiger partial charge in [0.1, 0.15) is 6.04 Å². The number of aromatic amines is 1. The highest BCUT2D eigenvalue weighted by Crippen LogP contribution is 2.07. The van der Waals surface area contributed by atoms with E-state index in [2.05, 4.69) is 16.0 Å². The predicted octanol–water partition coefficient (Wildman–Crippen LogP) is -0.975. The Morgan fingerprint density at radius 2 is 2.29 bits per heavy atom. The first-order valence-electron chi connectivity index (χ1n) is 4.40. The van der Waals surface area contributed by atoms with E-state index in [1.165, 1.54) is 6.92 Å². The molecule has 10 heteroatoms. The Hall–Kier alpha value is -2.49. The molecule has 0 saturated heterocycles. The molecule has 0 aliphatic heterocycles. The third-order valence-electron chi connectivity index (χ3n) is 1.77. The van der Waals surface area contributed by atoms with Crippen molar-refractivity contribution in [2.45, 2.75) is 13.0 Å². The van der Waals surface area contributed by atoms with Crippen LogP contribution in [0.15, 0.2) is 6.07 Å². The number of aliphatic carboxylic acids is 1. The summed E-state index contributed by atoms with van der Waals surface area (Å²) in [6.07, 6.45) is 0. The number of carboxylic acid groups (broad SMARTS) is 1. The molecule has 0 spiro atoms. The van der Waals surface area contributed by atoms with Crippen LogP contribution in [-0.2, 0) is 4.79 Å². The standard InChI is InChI=1S/C7H9N5O5/c1-3(7(14)15)8-11-6(13)4-2-5(10-9-4)12(16)17/h2-3,8H,1H3,(H,9,10)(H,11,13)(H,14,15)/t3-/m0/s1. The van der Waals surface area contributed by atoms with Gasteiger partial charge in [-0.05, 0) is 11.8 Å². The van der Waals surface area contributed by atoms with Crippen LogP contribution in [-0.4, -0.2) is 38.1 Å². The zero-order valence-electron chi connectivity index (χ0n) is 8.63. The fourth-order valence-electron chi connectivity index (χ4n) is 0.821. The summed E-state index contributed by atoms with van der Waals surface area (Å²) in [6, 6.07) is -0.0597. The average molecular weight is 243 g/mol. The van der Waals surface area contributed by atoms with Crippen molar-refractivity contribution in [1.82, 2.24) is 21.0 Å². The van der Waals surface area contributed by atoms with E-state index in [9.17, 15) is 19.7 Å². The van der Waals surface area contributed by atoms with E-state index >= 15 is 0 Å². The fourth-order valence-corrected chi connectivity index (χ4v) is 0.821. The molecule has 1 rings (SSSR count). The van der Waals surface area contributed by atoms with Gasteiger partial charge < -0.3 is 15.2 Å². The highest BCUT2D eigenvalue weighted by atomic mass is 16.6. The first kappa shape index (κ1) is 12.6. The van der Waals surface area contributed by atoms with E-state index in [0.717, 1.165) is 6.07 Å². The summed E-state index contributed by atoms with van der Waals surface area (Å²) in [7, 11) is 0. The molecule has 0 aromatic carbocycles. The molecule has 4 N–H and O–H groups in total. The van der Waals surface area contributed by atoms with Crippen LogP contribution in [0.5, 0.6) is 0 Å². The van der Waals surface area contributed by atoms with E-state index in [1.54, 1.807) is 0 Å². The number of nitro groups is 1. The van der Waals surface area contributed by atoms with Crippen LogP contribution in [0, 0.1) is 10.1 Å². The largest absolute Gasteiger partial charge is 0.480 e. The van der Waals surface area contributed by atoms with Gasteiger partial charge in [0.15, 0.2) is 5.69 Å². The lowest BCUT2D eigenvalue weighted by Crippen LogP contribution is -2.46. The van der Waals surface area contributed by atoms with Crippen molar-refractivity contribution in [2.24, 2.45) is 0 Å². The molecule has 0 fully saturated rings. The monoisotopic (exact) mass is 243 g/mol. The molecular weight excluding hydrogens is 234 g/mol. The lowest BCUT2D eigenvalue weighted by Gasteiger charge is -2.08. The van der Waals surface area contributed by atoms with Gasteiger partial charge in [0.05, 0.1) is 6.07 Å². The zero-order chi connectivity index (χ0) is 13.0. The van der Waals surface area contributed by atoms with Crippen LogP contribution in [0.25, 0.3) is 0 Å². The summed E-state index contributed by atoms with van der Waals surface area (Å²) in [5.74, 6) is -2.36. The van der Waals surface area contributed by atoms with Crippen LogP contribution in [0.3, 0.4) is 0 Å². The number of carbonyl (C=O) groups is 2. The van der Waals surface area contributed by atoms with Crippen LogP contribution in [0.2, 0.25) is 0 Å². The molecule has 1 atom stereocenters. The Bertz CT molecular complexity index is 455. The number of amides is 1. The van der Waals surface area contributed by atoms with Gasteiger partial charge in [0.25, 0.3) is 5.91 Å². The summed E-state index contributed by atoms with van der Waals surface area (Å²) < 4.78 is 0. The Balaban J connectivity index is 2.58. The molecule has 1 aromatic rings. The molecule has 0 aliphatic rings. The second-order valence-electron chi connectivity index (χ2n) is 3.05. The molecule has 1 amide bonds. The number of carbonyl (C=O) groups excluding carboxylic acids is 1. The molecule has 1 heterocycles. The number of hydrogen-bond donors (Lipinski definition) is 4. The number of H-pyrrole nitrogens is 1. The van der Waals surface area contributed by atoms with Gasteiger partial charge in [-0.15, -0.1) is 5.10 Å². The Kier molecular flexibility index (Phi) is 3.72. The van der Waals surface area contributed by atoms with Gasteiger partial charge in [-0.2, -0.15) is 0 Å². The number of carboxylic acids is 1. The van der Waals surface area contributed by atoms with Gasteiger partial charge in [-0.25, -0.2) is 5.43 Å². The van der Waals surface area contributed by atoms with Gasteiger partial charge in [-0.1, -0.05) is 5.10 Å². The topological polar surface area (TPSA) is 150 Å². The Morgan fingerprint density at radius 1 is 1.65 bits per heavy atom. The molecule has 0 aliphatic carbocycles. The quantitative estimate of drug-likeness (QED) is 0.383. The number of hydrazine groups is 1. The van der Waals surface area contributed by atoms with Crippen LogP contribution in [0.1, 0.15) is 17.4 Å². The first-order chi connectivity index (χ1) is 7.91. The van der Waals surface area contributed by atoms with E-state index in [0.29, 0.717) is 0 Å². The van der Waals surface area contributed by atoms with E-state index in [-0.39, 0.29) is 5.69 Å². The zero-order valence-corrected chi connectivity index (χ0v) is 8.63. The molecule has 92 valence electrons. The van der Waals surface area contributed by atoms with E-state index in [1.807, 2.05) is 5.10 Å². The summed E-state index contributed by atoms with van der Waals surface area (Å²) in [5.41, 5.74) is 4.03. The molecule has 0 saturated carbocycles. The minimum absolute atomic E-state index is 0.221. The third-order valence-corrected chi connectivity index (χ3v) is 1.77. The second kappa shape index (κ2) is 5.03. The SMILES string of the molecule is C[C@H](NNC(=O)c1cc([N+](=O)[O-])[nH]n1)C(=O)O. The smallest absolute Gasteiger partial charge is 0.343 e. The van der Waals surface area contributed by atoms with Crippen LogP contribution < -0.4 is 10.9 Å². The Morgan fingerprint density at radius 3 is 2.76 bits per heavy atom. The van der Waals surface area contributed by atoms with Crippen molar-refractivity contribution in [1.29, 1.82) is 0 Å². The fraction of sp³-hybridized carbons (Fsp3) is 0.286. The van der Waals surface area contributed by atoms with Gasteiger partial charge in [0, 0.05) is 0 Å². The number of nitrogens with zero attached hydrogens (tertiary/aromatic N) is 2. The maximum Gasteiger partial charge on any atom is 0.343 e. The van der Waals surface area contributed by atoms with Crippen molar-refractivity contribution in [3.05, 3.63) is 21.9 Å². The van der Waals surface area contributed by atoms with E-state index < -0.39 is 28.7 Å². The lowest BCUT2D eigenvalue weighted by atomic mass is 10.4. The van der Waals surface area contributed by atoms with E-state index in [4.69, 9.17) is 5.11 Å². The summed E-state index contributed by atoms with van der Waals surface area (Å²) >= 11 is 0. The van der Waals surface area contributed by atoms with Gasteiger partial charge in [0.2, 0.25) is 0 Å². The van der Waals surface area contributed by atoms with Crippen molar-refractivity contribution in [3.8, 4) is 0 Å². The summed E-state index contributed by atoms with van der Waals surface area (Å²) in [5, 5.41) is 24.3. The second-order valence-corrected chi connectivity index (χ2v) is 3.05. The molecule has 1 aromatic heterocycles. The highest BCUT2D eigenvalue weighted by Gasteiger charge is 2.17. The Labute approximate surface area is 94.1 Å². The van der Waals surface area contributed by atoms with Gasteiger partial charge in [-0.3, -0.25) is 15.0 Å². The number of hydrogen-bond acceptors (Lipinski definition) is 6. The van der Waals surface area contributed by atoms with Crippen molar-refractivity contribution in [2.75, 3.05) is 0 Å². The van der Waals surface area contributed by atoms with Crippen molar-refractivity contribution >= 4 is 17.7 Å². The molecule has 0 unspecified atom stereocenters. The molecule has 0 radical (unpaired) electrons. The number of rotatable bonds is 5. The first-order valence-corrected chi connectivity index (χ1v) is 4.40. The minimum atomic E-state index is -1.15. The van der Waals surface area contributed by atoms with Crippen molar-refractivity contribution in [3.63, 3.8) is 0 Å². The highest BCUT2D eigenvalue weighted by molar-refractivity contribution is 5.92. The average Bonchev–Trinajstić information content (AvgIpc) is 2.74. The molecule has 17 heavy (non-hydrogen) atoms.